The molecule has 6 heteroatoms. The Morgan fingerprint density at radius 1 is 1.56 bits per heavy atom. The number of nitrogens with one attached hydrogen (secondary N) is 1. The molecule has 4 nitrogen and oxygen atoms in total. The molecule has 0 radical (unpaired) electrons. The predicted octanol–water partition coefficient (Wildman–Crippen LogP) is 3.00. The molecule has 0 saturated carbocycles. The molecule has 0 fully saturated rings. The first-order valence-electron chi connectivity index (χ1n) is 4.81. The highest BCUT2D eigenvalue weighted by atomic mass is 79.9. The summed E-state index contributed by atoms with van der Waals surface area (Å²) in [6, 6.07) is 1.23. The Balaban J connectivity index is 2.59. The zero-order valence-corrected chi connectivity index (χ0v) is 12.1. The molecule has 2 N–H and O–H groups in total. The van der Waals surface area contributed by atoms with Gasteiger partial charge in [-0.15, -0.1) is 0 Å². The molecular weight excluding hydrogens is 342 g/mol. The second-order valence-corrected chi connectivity index (χ2v) is 5.35. The number of carbonyl (C=O) groups is 1. The molecule has 0 saturated heterocycles. The fraction of sp³-hybridized carbons (Fsp3) is 0.500. The van der Waals surface area contributed by atoms with E-state index in [0.29, 0.717) is 17.0 Å². The lowest BCUT2D eigenvalue weighted by atomic mass is 10.1. The van der Waals surface area contributed by atoms with Gasteiger partial charge in [0.1, 0.15) is 11.8 Å². The van der Waals surface area contributed by atoms with Crippen molar-refractivity contribution in [3.63, 3.8) is 0 Å². The largest absolute Gasteiger partial charge is 0.480 e. The summed E-state index contributed by atoms with van der Waals surface area (Å²) in [7, 11) is 0. The molecular formula is C10H13Br2NO3. The van der Waals surface area contributed by atoms with Crippen molar-refractivity contribution in [2.45, 2.75) is 26.4 Å². The maximum absolute atomic E-state index is 10.9. The average molecular weight is 355 g/mol. The van der Waals surface area contributed by atoms with Crippen molar-refractivity contribution in [1.82, 2.24) is 5.32 Å². The van der Waals surface area contributed by atoms with E-state index < -0.39 is 12.0 Å². The first-order chi connectivity index (χ1) is 7.41. The summed E-state index contributed by atoms with van der Waals surface area (Å²) < 4.78 is 6.77. The van der Waals surface area contributed by atoms with Crippen LogP contribution < -0.4 is 5.32 Å². The number of furan rings is 1. The van der Waals surface area contributed by atoms with Gasteiger partial charge in [-0.1, -0.05) is 13.8 Å². The summed E-state index contributed by atoms with van der Waals surface area (Å²) in [5.74, 6) is -0.135. The summed E-state index contributed by atoms with van der Waals surface area (Å²) in [6.45, 7) is 4.11. The molecule has 0 aliphatic heterocycles. The molecule has 0 aliphatic rings. The summed E-state index contributed by atoms with van der Waals surface area (Å²) in [5.41, 5.74) is 0. The Kier molecular flexibility index (Phi) is 5.01. The highest BCUT2D eigenvalue weighted by Gasteiger charge is 2.21. The van der Waals surface area contributed by atoms with Gasteiger partial charge in [0.2, 0.25) is 0 Å². The van der Waals surface area contributed by atoms with E-state index in [9.17, 15) is 4.79 Å². The summed E-state index contributed by atoms with van der Waals surface area (Å²) in [4.78, 5) is 10.9. The van der Waals surface area contributed by atoms with Crippen molar-refractivity contribution in [2.75, 3.05) is 0 Å². The lowest BCUT2D eigenvalue weighted by Gasteiger charge is -2.16. The van der Waals surface area contributed by atoms with Crippen LogP contribution in [0.1, 0.15) is 19.6 Å². The Labute approximate surface area is 111 Å². The topological polar surface area (TPSA) is 62.5 Å². The summed E-state index contributed by atoms with van der Waals surface area (Å²) in [6.07, 6.45) is 0. The molecule has 0 aromatic carbocycles. The highest BCUT2D eigenvalue weighted by molar-refractivity contribution is 9.13. The van der Waals surface area contributed by atoms with Crippen LogP contribution in [-0.2, 0) is 11.3 Å². The van der Waals surface area contributed by atoms with E-state index in [-0.39, 0.29) is 5.92 Å². The van der Waals surface area contributed by atoms with Crippen LogP contribution in [0.4, 0.5) is 0 Å². The molecule has 1 rings (SSSR count). The van der Waals surface area contributed by atoms with Gasteiger partial charge in [0, 0.05) is 0 Å². The molecule has 1 heterocycles. The van der Waals surface area contributed by atoms with Gasteiger partial charge in [-0.2, -0.15) is 0 Å². The van der Waals surface area contributed by atoms with E-state index in [1.165, 1.54) is 0 Å². The van der Waals surface area contributed by atoms with Crippen LogP contribution in [0.3, 0.4) is 0 Å². The maximum Gasteiger partial charge on any atom is 0.320 e. The van der Waals surface area contributed by atoms with E-state index in [1.54, 1.807) is 6.07 Å². The molecule has 1 atom stereocenters. The molecule has 1 aromatic heterocycles. The Bertz CT molecular complexity index is 357. The number of carboxylic acid groups (broad SMARTS) is 1. The fourth-order valence-electron chi connectivity index (χ4n) is 1.30. The Morgan fingerprint density at radius 2 is 2.19 bits per heavy atom. The third-order valence-electron chi connectivity index (χ3n) is 2.13. The van der Waals surface area contributed by atoms with E-state index in [4.69, 9.17) is 9.52 Å². The van der Waals surface area contributed by atoms with Gasteiger partial charge in [-0.25, -0.2) is 0 Å². The van der Waals surface area contributed by atoms with Crippen LogP contribution in [0, 0.1) is 5.92 Å². The molecule has 0 aliphatic carbocycles. The smallest absolute Gasteiger partial charge is 0.320 e. The van der Waals surface area contributed by atoms with Gasteiger partial charge in [0.15, 0.2) is 4.67 Å². The number of hydrogen-bond acceptors (Lipinski definition) is 3. The van der Waals surface area contributed by atoms with Gasteiger partial charge in [0.05, 0.1) is 11.0 Å². The minimum absolute atomic E-state index is 0.0272. The quantitative estimate of drug-likeness (QED) is 0.853. The van der Waals surface area contributed by atoms with Crippen molar-refractivity contribution in [1.29, 1.82) is 0 Å². The SMILES string of the molecule is CC(C)C(NCc1cc(Br)c(Br)o1)C(=O)O. The van der Waals surface area contributed by atoms with Crippen molar-refractivity contribution in [3.8, 4) is 0 Å². The van der Waals surface area contributed by atoms with Crippen LogP contribution in [0.2, 0.25) is 0 Å². The van der Waals surface area contributed by atoms with Gasteiger partial charge < -0.3 is 9.52 Å². The van der Waals surface area contributed by atoms with Crippen LogP contribution in [0.15, 0.2) is 19.6 Å². The van der Waals surface area contributed by atoms with Gasteiger partial charge in [0.25, 0.3) is 0 Å². The second kappa shape index (κ2) is 5.84. The lowest BCUT2D eigenvalue weighted by Crippen LogP contribution is -2.40. The summed E-state index contributed by atoms with van der Waals surface area (Å²) >= 11 is 6.52. The van der Waals surface area contributed by atoms with E-state index in [1.807, 2.05) is 13.8 Å². The minimum atomic E-state index is -0.848. The predicted molar refractivity (Wildman–Crippen MR) is 67.2 cm³/mol. The number of halogens is 2. The molecule has 0 amide bonds. The van der Waals surface area contributed by atoms with Crippen LogP contribution in [0.25, 0.3) is 0 Å². The van der Waals surface area contributed by atoms with E-state index >= 15 is 0 Å². The molecule has 1 aromatic rings. The zero-order chi connectivity index (χ0) is 12.3. The maximum atomic E-state index is 10.9. The normalized spacial score (nSPS) is 13.1. The first-order valence-corrected chi connectivity index (χ1v) is 6.40. The second-order valence-electron chi connectivity index (χ2n) is 3.78. The van der Waals surface area contributed by atoms with Crippen molar-refractivity contribution in [2.24, 2.45) is 5.92 Å². The molecule has 16 heavy (non-hydrogen) atoms. The molecule has 0 bridgehead atoms. The molecule has 1 unspecified atom stereocenters. The van der Waals surface area contributed by atoms with Gasteiger partial charge >= 0.3 is 5.97 Å². The Morgan fingerprint density at radius 3 is 2.56 bits per heavy atom. The van der Waals surface area contributed by atoms with Crippen LogP contribution in [0.5, 0.6) is 0 Å². The minimum Gasteiger partial charge on any atom is -0.480 e. The Hall–Kier alpha value is -0.330. The standard InChI is InChI=1S/C10H13Br2NO3/c1-5(2)8(10(14)15)13-4-6-3-7(11)9(12)16-6/h3,5,8,13H,4H2,1-2H3,(H,14,15). The fourth-order valence-corrected chi connectivity index (χ4v) is 1.96. The van der Waals surface area contributed by atoms with E-state index in [0.717, 1.165) is 4.47 Å². The van der Waals surface area contributed by atoms with Crippen LogP contribution in [-0.4, -0.2) is 17.1 Å². The average Bonchev–Trinajstić information content (AvgIpc) is 2.45. The van der Waals surface area contributed by atoms with Crippen molar-refractivity contribution < 1.29 is 14.3 Å². The number of rotatable bonds is 5. The van der Waals surface area contributed by atoms with E-state index in [2.05, 4.69) is 37.2 Å². The van der Waals surface area contributed by atoms with Crippen molar-refractivity contribution in [3.05, 3.63) is 21.0 Å². The lowest BCUT2D eigenvalue weighted by molar-refractivity contribution is -0.140. The number of hydrogen-bond donors (Lipinski definition) is 2. The van der Waals surface area contributed by atoms with Crippen molar-refractivity contribution >= 4 is 37.8 Å². The van der Waals surface area contributed by atoms with Gasteiger partial charge in [-0.05, 0) is 43.8 Å². The third-order valence-corrected chi connectivity index (χ3v) is 3.84. The number of aliphatic carboxylic acids is 1. The monoisotopic (exact) mass is 353 g/mol. The highest BCUT2D eigenvalue weighted by Crippen LogP contribution is 2.26. The first kappa shape index (κ1) is 13.7. The number of carboxylic acids is 1. The summed E-state index contributed by atoms with van der Waals surface area (Å²) in [5, 5.41) is 11.9. The molecule has 90 valence electrons. The van der Waals surface area contributed by atoms with Crippen LogP contribution >= 0.6 is 31.9 Å². The zero-order valence-electron chi connectivity index (χ0n) is 8.96. The molecule has 0 spiro atoms. The van der Waals surface area contributed by atoms with Gasteiger partial charge in [-0.3, -0.25) is 10.1 Å². The third kappa shape index (κ3) is 3.61.